The number of carbonyl (C=O) groups excluding carboxylic acids is 2. The minimum absolute atomic E-state index is 0.0687. The van der Waals surface area contributed by atoms with Crippen LogP contribution in [0.5, 0.6) is 17.2 Å². The second-order valence-electron chi connectivity index (χ2n) is 6.95. The number of nitrogens with zero attached hydrogens (tertiary/aromatic N) is 1. The summed E-state index contributed by atoms with van der Waals surface area (Å²) in [5, 5.41) is 12.7. The highest BCUT2D eigenvalue weighted by Gasteiger charge is 2.22. The third-order valence-electron chi connectivity index (χ3n) is 4.97. The molecule has 0 aliphatic heterocycles. The molecule has 1 heterocycles. The van der Waals surface area contributed by atoms with Crippen LogP contribution in [0.1, 0.15) is 34.4 Å². The standard InChI is InChI=1S/C22H24N2O6S/c1-27-16-8-13(9-17(28-2)21(16)29-3)10-20(26)30-12-19(25)24-22-15(11-23)14-6-4-5-7-18(14)31-22/h8-9H,4-7,10,12H2,1-3H3,(H,24,25). The first-order valence-corrected chi connectivity index (χ1v) is 10.6. The van der Waals surface area contributed by atoms with Gasteiger partial charge in [0.15, 0.2) is 18.1 Å². The van der Waals surface area contributed by atoms with Crippen molar-refractivity contribution in [3.8, 4) is 23.3 Å². The van der Waals surface area contributed by atoms with E-state index in [4.69, 9.17) is 18.9 Å². The highest BCUT2D eigenvalue weighted by atomic mass is 32.1. The van der Waals surface area contributed by atoms with Crippen LogP contribution < -0.4 is 19.5 Å². The molecule has 0 radical (unpaired) electrons. The number of nitrogens with one attached hydrogen (secondary N) is 1. The Kier molecular flexibility index (Phi) is 7.36. The van der Waals surface area contributed by atoms with Crippen molar-refractivity contribution in [3.05, 3.63) is 33.7 Å². The third-order valence-corrected chi connectivity index (χ3v) is 6.18. The Morgan fingerprint density at radius 2 is 1.77 bits per heavy atom. The molecule has 2 aromatic rings. The number of amides is 1. The molecule has 8 nitrogen and oxygen atoms in total. The van der Waals surface area contributed by atoms with Crippen molar-refractivity contribution in [1.29, 1.82) is 5.26 Å². The maximum atomic E-state index is 12.3. The third kappa shape index (κ3) is 5.09. The number of thiophene rings is 1. The topological polar surface area (TPSA) is 107 Å². The Balaban J connectivity index is 1.60. The summed E-state index contributed by atoms with van der Waals surface area (Å²) in [6.45, 7) is -0.434. The molecule has 1 aromatic heterocycles. The average molecular weight is 445 g/mol. The number of hydrogen-bond acceptors (Lipinski definition) is 8. The quantitative estimate of drug-likeness (QED) is 0.623. The van der Waals surface area contributed by atoms with Crippen LogP contribution >= 0.6 is 11.3 Å². The molecule has 31 heavy (non-hydrogen) atoms. The van der Waals surface area contributed by atoms with Crippen LogP contribution in [-0.2, 0) is 33.6 Å². The van der Waals surface area contributed by atoms with Gasteiger partial charge in [0.25, 0.3) is 5.91 Å². The van der Waals surface area contributed by atoms with E-state index < -0.39 is 18.5 Å². The molecule has 9 heteroatoms. The largest absolute Gasteiger partial charge is 0.493 e. The molecule has 0 saturated carbocycles. The Labute approximate surface area is 184 Å². The van der Waals surface area contributed by atoms with Gasteiger partial charge in [-0.05, 0) is 48.9 Å². The lowest BCUT2D eigenvalue weighted by atomic mass is 9.96. The fourth-order valence-corrected chi connectivity index (χ4v) is 4.79. The molecule has 164 valence electrons. The fourth-order valence-electron chi connectivity index (χ4n) is 3.54. The van der Waals surface area contributed by atoms with Gasteiger partial charge in [0.05, 0.1) is 33.3 Å². The van der Waals surface area contributed by atoms with Crippen molar-refractivity contribution in [2.45, 2.75) is 32.1 Å². The van der Waals surface area contributed by atoms with E-state index in [1.165, 1.54) is 32.7 Å². The SMILES string of the molecule is COc1cc(CC(=O)OCC(=O)Nc2sc3c(c2C#N)CCCC3)cc(OC)c1OC. The van der Waals surface area contributed by atoms with Crippen molar-refractivity contribution in [3.63, 3.8) is 0 Å². The van der Waals surface area contributed by atoms with Crippen LogP contribution in [0.25, 0.3) is 0 Å². The van der Waals surface area contributed by atoms with Crippen molar-refractivity contribution < 1.29 is 28.5 Å². The lowest BCUT2D eigenvalue weighted by Crippen LogP contribution is -2.21. The normalized spacial score (nSPS) is 12.3. The number of esters is 1. The summed E-state index contributed by atoms with van der Waals surface area (Å²) in [4.78, 5) is 25.7. The number of nitriles is 1. The zero-order valence-electron chi connectivity index (χ0n) is 17.7. The maximum absolute atomic E-state index is 12.3. The van der Waals surface area contributed by atoms with Gasteiger partial charge in [-0.25, -0.2) is 0 Å². The molecule has 1 aromatic carbocycles. The predicted octanol–water partition coefficient (Wildman–Crippen LogP) is 3.25. The van der Waals surface area contributed by atoms with E-state index in [1.54, 1.807) is 12.1 Å². The molecular formula is C22H24N2O6S. The van der Waals surface area contributed by atoms with Crippen LogP contribution in [0.2, 0.25) is 0 Å². The molecule has 0 atom stereocenters. The van der Waals surface area contributed by atoms with Gasteiger partial charge in [0.2, 0.25) is 5.75 Å². The zero-order valence-corrected chi connectivity index (χ0v) is 18.5. The molecule has 1 aliphatic rings. The van der Waals surface area contributed by atoms with Gasteiger partial charge in [-0.2, -0.15) is 5.26 Å². The summed E-state index contributed by atoms with van der Waals surface area (Å²) < 4.78 is 20.9. The van der Waals surface area contributed by atoms with E-state index >= 15 is 0 Å². The summed E-state index contributed by atoms with van der Waals surface area (Å²) in [5.41, 5.74) is 2.16. The van der Waals surface area contributed by atoms with Gasteiger partial charge in [0.1, 0.15) is 11.1 Å². The Bertz CT molecular complexity index is 999. The van der Waals surface area contributed by atoms with Gasteiger partial charge < -0.3 is 24.3 Å². The molecular weight excluding hydrogens is 420 g/mol. The number of rotatable bonds is 8. The monoisotopic (exact) mass is 444 g/mol. The molecule has 3 rings (SSSR count). The number of carbonyl (C=O) groups is 2. The van der Waals surface area contributed by atoms with E-state index in [9.17, 15) is 14.9 Å². The second-order valence-corrected chi connectivity index (χ2v) is 8.05. The van der Waals surface area contributed by atoms with Crippen molar-refractivity contribution in [1.82, 2.24) is 0 Å². The van der Waals surface area contributed by atoms with Gasteiger partial charge in [-0.3, -0.25) is 9.59 Å². The van der Waals surface area contributed by atoms with Gasteiger partial charge in [0, 0.05) is 4.88 Å². The van der Waals surface area contributed by atoms with Crippen LogP contribution in [0.3, 0.4) is 0 Å². The van der Waals surface area contributed by atoms with Gasteiger partial charge >= 0.3 is 5.97 Å². The smallest absolute Gasteiger partial charge is 0.310 e. The Morgan fingerprint density at radius 3 is 2.39 bits per heavy atom. The first-order valence-electron chi connectivity index (χ1n) is 9.79. The molecule has 1 aliphatic carbocycles. The number of ether oxygens (including phenoxy) is 4. The zero-order chi connectivity index (χ0) is 22.4. The van der Waals surface area contributed by atoms with Crippen molar-refractivity contribution in [2.24, 2.45) is 0 Å². The molecule has 0 bridgehead atoms. The summed E-state index contributed by atoms with van der Waals surface area (Å²) in [5.74, 6) is 0.221. The average Bonchev–Trinajstić information content (AvgIpc) is 3.13. The van der Waals surface area contributed by atoms with E-state index in [1.807, 2.05) is 0 Å². The molecule has 0 spiro atoms. The number of hydrogen-bond donors (Lipinski definition) is 1. The first kappa shape index (κ1) is 22.4. The molecule has 0 saturated heterocycles. The van der Waals surface area contributed by atoms with Crippen LogP contribution in [0, 0.1) is 11.3 Å². The van der Waals surface area contributed by atoms with Gasteiger partial charge in [-0.15, -0.1) is 11.3 Å². The van der Waals surface area contributed by atoms with Crippen LogP contribution in [-0.4, -0.2) is 39.8 Å². The number of fused-ring (bicyclic) bond motifs is 1. The van der Waals surface area contributed by atoms with E-state index in [-0.39, 0.29) is 6.42 Å². The van der Waals surface area contributed by atoms with E-state index in [0.717, 1.165) is 36.1 Å². The lowest BCUT2D eigenvalue weighted by molar-refractivity contribution is -0.146. The number of methoxy groups -OCH3 is 3. The minimum atomic E-state index is -0.574. The minimum Gasteiger partial charge on any atom is -0.493 e. The highest BCUT2D eigenvalue weighted by molar-refractivity contribution is 7.16. The summed E-state index contributed by atoms with van der Waals surface area (Å²) in [6.07, 6.45) is 3.85. The number of benzene rings is 1. The molecule has 0 unspecified atom stereocenters. The number of aryl methyl sites for hydroxylation is 1. The van der Waals surface area contributed by atoms with E-state index in [0.29, 0.717) is 33.4 Å². The van der Waals surface area contributed by atoms with Crippen LogP contribution in [0.15, 0.2) is 12.1 Å². The van der Waals surface area contributed by atoms with Gasteiger partial charge in [-0.1, -0.05) is 0 Å². The highest BCUT2D eigenvalue weighted by Crippen LogP contribution is 2.39. The summed E-state index contributed by atoms with van der Waals surface area (Å²) >= 11 is 1.43. The Morgan fingerprint density at radius 1 is 1.10 bits per heavy atom. The second kappa shape index (κ2) is 10.2. The van der Waals surface area contributed by atoms with Crippen molar-refractivity contribution >= 4 is 28.2 Å². The molecule has 0 fully saturated rings. The van der Waals surface area contributed by atoms with Crippen LogP contribution in [0.4, 0.5) is 5.00 Å². The summed E-state index contributed by atoms with van der Waals surface area (Å²) in [6, 6.07) is 5.49. The first-order chi connectivity index (χ1) is 15.0. The molecule has 1 N–H and O–H groups in total. The molecule has 1 amide bonds. The predicted molar refractivity (Wildman–Crippen MR) is 115 cm³/mol. The Hall–Kier alpha value is -3.25. The number of anilines is 1. The fraction of sp³-hybridized carbons (Fsp3) is 0.409. The van der Waals surface area contributed by atoms with E-state index in [2.05, 4.69) is 11.4 Å². The maximum Gasteiger partial charge on any atom is 0.310 e. The summed E-state index contributed by atoms with van der Waals surface area (Å²) in [7, 11) is 4.47. The van der Waals surface area contributed by atoms with Crippen molar-refractivity contribution in [2.75, 3.05) is 33.3 Å². The lowest BCUT2D eigenvalue weighted by Gasteiger charge is -2.14.